The molecule has 0 aromatic carbocycles. The van der Waals surface area contributed by atoms with E-state index in [2.05, 4.69) is 10.6 Å². The maximum absolute atomic E-state index is 11.2. The van der Waals surface area contributed by atoms with Gasteiger partial charge in [0.25, 0.3) is 0 Å². The molecule has 1 amide bonds. The first kappa shape index (κ1) is 15.1. The van der Waals surface area contributed by atoms with Crippen LogP contribution < -0.4 is 10.6 Å². The summed E-state index contributed by atoms with van der Waals surface area (Å²) in [6.07, 6.45) is 5.07. The molecule has 0 saturated carbocycles. The van der Waals surface area contributed by atoms with Crippen LogP contribution in [-0.2, 0) is 4.79 Å². The highest BCUT2D eigenvalue weighted by Gasteiger charge is 2.13. The highest BCUT2D eigenvalue weighted by molar-refractivity contribution is 7.98. The second-order valence-electron chi connectivity index (χ2n) is 3.74. The molecule has 0 radical (unpaired) electrons. The molecule has 1 aliphatic rings. The highest BCUT2D eigenvalue weighted by Crippen LogP contribution is 2.10. The van der Waals surface area contributed by atoms with Crippen LogP contribution in [0, 0.1) is 5.92 Å². The fraction of sp³-hybridized carbons (Fsp3) is 0.900. The van der Waals surface area contributed by atoms with E-state index in [-0.39, 0.29) is 18.3 Å². The number of carbonyl (C=O) groups excluding carboxylic acids is 1. The third kappa shape index (κ3) is 7.03. The van der Waals surface area contributed by atoms with Crippen molar-refractivity contribution in [3.05, 3.63) is 0 Å². The topological polar surface area (TPSA) is 41.1 Å². The monoisotopic (exact) mass is 252 g/mol. The number of halogens is 1. The minimum Gasteiger partial charge on any atom is -0.356 e. The first-order valence-corrected chi connectivity index (χ1v) is 6.68. The molecule has 0 bridgehead atoms. The molecule has 3 nitrogen and oxygen atoms in total. The van der Waals surface area contributed by atoms with Crippen LogP contribution in [0.1, 0.15) is 19.3 Å². The van der Waals surface area contributed by atoms with Gasteiger partial charge in [-0.25, -0.2) is 0 Å². The van der Waals surface area contributed by atoms with Crippen LogP contribution >= 0.6 is 24.2 Å². The molecule has 0 aromatic heterocycles. The maximum Gasteiger partial charge on any atom is 0.220 e. The minimum absolute atomic E-state index is 0. The Bertz CT molecular complexity index is 175. The van der Waals surface area contributed by atoms with Crippen LogP contribution in [0.5, 0.6) is 0 Å². The number of hydrogen-bond donors (Lipinski definition) is 2. The highest BCUT2D eigenvalue weighted by atomic mass is 35.5. The van der Waals surface area contributed by atoms with Gasteiger partial charge in [-0.15, -0.1) is 12.4 Å². The third-order valence-electron chi connectivity index (χ3n) is 2.57. The SMILES string of the molecule is CSCCC(=O)NCCC1CCNC1.Cl. The maximum atomic E-state index is 11.2. The van der Waals surface area contributed by atoms with Gasteiger partial charge in [-0.1, -0.05) is 0 Å². The van der Waals surface area contributed by atoms with Crippen LogP contribution in [0.3, 0.4) is 0 Å². The molecule has 90 valence electrons. The molecule has 0 aromatic rings. The Morgan fingerprint density at radius 2 is 2.40 bits per heavy atom. The summed E-state index contributed by atoms with van der Waals surface area (Å²) in [5.74, 6) is 1.90. The van der Waals surface area contributed by atoms with Gasteiger partial charge in [-0.3, -0.25) is 4.79 Å². The second-order valence-corrected chi connectivity index (χ2v) is 4.73. The van der Waals surface area contributed by atoms with Crippen molar-refractivity contribution >= 4 is 30.1 Å². The number of rotatable bonds is 6. The Hall–Kier alpha value is 0.0700. The van der Waals surface area contributed by atoms with Crippen molar-refractivity contribution in [1.29, 1.82) is 0 Å². The summed E-state index contributed by atoms with van der Waals surface area (Å²) in [5, 5.41) is 6.29. The van der Waals surface area contributed by atoms with Gasteiger partial charge in [0.05, 0.1) is 0 Å². The van der Waals surface area contributed by atoms with Crippen LogP contribution in [0.2, 0.25) is 0 Å². The molecule has 1 heterocycles. The summed E-state index contributed by atoms with van der Waals surface area (Å²) in [7, 11) is 0. The lowest BCUT2D eigenvalue weighted by Gasteiger charge is -2.08. The smallest absolute Gasteiger partial charge is 0.220 e. The largest absolute Gasteiger partial charge is 0.356 e. The summed E-state index contributed by atoms with van der Waals surface area (Å²) in [6.45, 7) is 3.12. The number of thioether (sulfide) groups is 1. The normalized spacial score (nSPS) is 19.7. The molecule has 1 saturated heterocycles. The molecule has 1 atom stereocenters. The molecule has 5 heteroatoms. The van der Waals surface area contributed by atoms with Gasteiger partial charge in [0.2, 0.25) is 5.91 Å². The summed E-state index contributed by atoms with van der Waals surface area (Å²) in [4.78, 5) is 11.2. The van der Waals surface area contributed by atoms with Gasteiger partial charge in [-0.2, -0.15) is 11.8 Å². The van der Waals surface area contributed by atoms with Crippen molar-refractivity contribution in [2.24, 2.45) is 5.92 Å². The van der Waals surface area contributed by atoms with E-state index < -0.39 is 0 Å². The third-order valence-corrected chi connectivity index (χ3v) is 3.18. The predicted octanol–water partition coefficient (Wildman–Crippen LogP) is 1.28. The number of hydrogen-bond acceptors (Lipinski definition) is 3. The molecule has 0 spiro atoms. The standard InChI is InChI=1S/C10H20N2OS.ClH/c1-14-7-4-10(13)12-6-3-9-2-5-11-8-9;/h9,11H,2-8H2,1H3,(H,12,13);1H. The summed E-state index contributed by atoms with van der Waals surface area (Å²) in [6, 6.07) is 0. The fourth-order valence-corrected chi connectivity index (χ4v) is 2.05. The van der Waals surface area contributed by atoms with Gasteiger partial charge in [0.15, 0.2) is 0 Å². The van der Waals surface area contributed by atoms with Gasteiger partial charge in [0.1, 0.15) is 0 Å². The van der Waals surface area contributed by atoms with Crippen LogP contribution in [0.4, 0.5) is 0 Å². The molecule has 2 N–H and O–H groups in total. The quantitative estimate of drug-likeness (QED) is 0.748. The van der Waals surface area contributed by atoms with E-state index in [0.29, 0.717) is 6.42 Å². The van der Waals surface area contributed by atoms with Crippen molar-refractivity contribution in [3.8, 4) is 0 Å². The zero-order valence-electron chi connectivity index (χ0n) is 9.25. The second kappa shape index (κ2) is 9.31. The minimum atomic E-state index is 0. The molecule has 1 unspecified atom stereocenters. The lowest BCUT2D eigenvalue weighted by Crippen LogP contribution is -2.26. The van der Waals surface area contributed by atoms with Crippen molar-refractivity contribution in [1.82, 2.24) is 10.6 Å². The van der Waals surface area contributed by atoms with Crippen molar-refractivity contribution in [3.63, 3.8) is 0 Å². The van der Waals surface area contributed by atoms with Gasteiger partial charge in [-0.05, 0) is 38.1 Å². The van der Waals surface area contributed by atoms with E-state index in [1.165, 1.54) is 6.42 Å². The zero-order chi connectivity index (χ0) is 10.2. The average molecular weight is 253 g/mol. The van der Waals surface area contributed by atoms with E-state index in [1.807, 2.05) is 6.26 Å². The summed E-state index contributed by atoms with van der Waals surface area (Å²) >= 11 is 1.72. The zero-order valence-corrected chi connectivity index (χ0v) is 10.9. The summed E-state index contributed by atoms with van der Waals surface area (Å²) < 4.78 is 0. The van der Waals surface area contributed by atoms with E-state index in [9.17, 15) is 4.79 Å². The molecule has 15 heavy (non-hydrogen) atoms. The first-order valence-electron chi connectivity index (χ1n) is 5.29. The van der Waals surface area contributed by atoms with E-state index in [1.54, 1.807) is 11.8 Å². The summed E-state index contributed by atoms with van der Waals surface area (Å²) in [5.41, 5.74) is 0. The van der Waals surface area contributed by atoms with Crippen LogP contribution in [-0.4, -0.2) is 37.6 Å². The van der Waals surface area contributed by atoms with Crippen LogP contribution in [0.15, 0.2) is 0 Å². The average Bonchev–Trinajstić information content (AvgIpc) is 2.67. The Kier molecular flexibility index (Phi) is 9.35. The van der Waals surface area contributed by atoms with E-state index in [4.69, 9.17) is 0 Å². The van der Waals surface area contributed by atoms with E-state index >= 15 is 0 Å². The van der Waals surface area contributed by atoms with E-state index in [0.717, 1.165) is 37.7 Å². The van der Waals surface area contributed by atoms with Crippen molar-refractivity contribution < 1.29 is 4.79 Å². The molecule has 0 aliphatic carbocycles. The number of carbonyl (C=O) groups is 1. The number of amides is 1. The Morgan fingerprint density at radius 1 is 1.60 bits per heavy atom. The van der Waals surface area contributed by atoms with Crippen molar-refractivity contribution in [2.45, 2.75) is 19.3 Å². The first-order chi connectivity index (χ1) is 6.83. The van der Waals surface area contributed by atoms with Gasteiger partial charge in [0, 0.05) is 18.7 Å². The van der Waals surface area contributed by atoms with Gasteiger partial charge < -0.3 is 10.6 Å². The molecular weight excluding hydrogens is 232 g/mol. The Labute approximate surface area is 103 Å². The van der Waals surface area contributed by atoms with Gasteiger partial charge >= 0.3 is 0 Å². The Balaban J connectivity index is 0.00000196. The molecule has 1 aliphatic heterocycles. The molecular formula is C10H21ClN2OS. The molecule has 1 rings (SSSR count). The molecule has 1 fully saturated rings. The lowest BCUT2D eigenvalue weighted by molar-refractivity contribution is -0.120. The fourth-order valence-electron chi connectivity index (χ4n) is 1.66. The number of nitrogens with one attached hydrogen (secondary N) is 2. The Morgan fingerprint density at radius 3 is 3.00 bits per heavy atom. The lowest BCUT2D eigenvalue weighted by atomic mass is 10.1. The van der Waals surface area contributed by atoms with Crippen molar-refractivity contribution in [2.75, 3.05) is 31.6 Å². The predicted molar refractivity (Wildman–Crippen MR) is 68.9 cm³/mol. The van der Waals surface area contributed by atoms with Crippen LogP contribution in [0.25, 0.3) is 0 Å².